The molecule has 0 spiro atoms. The zero-order chi connectivity index (χ0) is 23.0. The fourth-order valence-corrected chi connectivity index (χ4v) is 3.57. The molecule has 0 N–H and O–H groups in total. The van der Waals surface area contributed by atoms with Gasteiger partial charge in [-0.05, 0) is 54.5 Å². The second-order valence-electron chi connectivity index (χ2n) is 7.75. The Bertz CT molecular complexity index is 1050. The maximum atomic E-state index is 14.4. The molecule has 0 radical (unpaired) electrons. The molecule has 1 atom stereocenters. The normalized spacial score (nSPS) is 13.2. The molecular weight excluding hydrogens is 412 g/mol. The van der Waals surface area contributed by atoms with Crippen molar-refractivity contribution in [2.24, 2.45) is 0 Å². The summed E-state index contributed by atoms with van der Waals surface area (Å²) in [4.78, 5) is 0. The number of allylic oxidation sites excluding steroid dienone is 2. The first kappa shape index (κ1) is 23.5. The Hall–Kier alpha value is -3.14. The maximum absolute atomic E-state index is 14.4. The molecule has 3 aromatic rings. The lowest BCUT2D eigenvalue weighted by atomic mass is 9.91. The van der Waals surface area contributed by atoms with E-state index in [0.29, 0.717) is 11.1 Å². The number of hydrogen-bond donors (Lipinski definition) is 0. The van der Waals surface area contributed by atoms with E-state index >= 15 is 0 Å². The van der Waals surface area contributed by atoms with Crippen LogP contribution >= 0.6 is 0 Å². The van der Waals surface area contributed by atoms with Crippen LogP contribution < -0.4 is 0 Å². The predicted molar refractivity (Wildman–Crippen MR) is 124 cm³/mol. The van der Waals surface area contributed by atoms with Gasteiger partial charge in [-0.25, -0.2) is 4.39 Å². The monoisotopic (exact) mass is 438 g/mol. The van der Waals surface area contributed by atoms with Crippen LogP contribution in [0.3, 0.4) is 0 Å². The van der Waals surface area contributed by atoms with E-state index in [1.807, 2.05) is 25.1 Å². The van der Waals surface area contributed by atoms with Gasteiger partial charge in [-0.2, -0.15) is 13.2 Å². The lowest BCUT2D eigenvalue weighted by Crippen LogP contribution is -2.22. The van der Waals surface area contributed by atoms with Crippen LogP contribution in [-0.4, -0.2) is 6.18 Å². The molecule has 0 aromatic heterocycles. The second-order valence-corrected chi connectivity index (χ2v) is 7.75. The zero-order valence-corrected chi connectivity index (χ0v) is 17.9. The Morgan fingerprint density at radius 1 is 0.844 bits per heavy atom. The summed E-state index contributed by atoms with van der Waals surface area (Å²) < 4.78 is 55.1. The zero-order valence-electron chi connectivity index (χ0n) is 17.9. The van der Waals surface area contributed by atoms with Crippen molar-refractivity contribution in [3.05, 3.63) is 119 Å². The molecule has 3 aromatic carbocycles. The third-order valence-electron chi connectivity index (χ3n) is 5.37. The third-order valence-corrected chi connectivity index (χ3v) is 5.37. The molecule has 0 aliphatic heterocycles. The smallest absolute Gasteiger partial charge is 0.206 e. The van der Waals surface area contributed by atoms with E-state index in [-0.39, 0.29) is 17.8 Å². The van der Waals surface area contributed by atoms with E-state index in [2.05, 4.69) is 0 Å². The molecule has 0 saturated carbocycles. The molecule has 0 heterocycles. The van der Waals surface area contributed by atoms with Gasteiger partial charge in [0.15, 0.2) is 0 Å². The summed E-state index contributed by atoms with van der Waals surface area (Å²) in [5, 5.41) is 0. The van der Waals surface area contributed by atoms with Crippen LogP contribution in [0, 0.1) is 5.82 Å². The summed E-state index contributed by atoms with van der Waals surface area (Å²) in [7, 11) is 0. The van der Waals surface area contributed by atoms with Crippen LogP contribution in [0.5, 0.6) is 0 Å². The molecule has 32 heavy (non-hydrogen) atoms. The van der Waals surface area contributed by atoms with E-state index in [1.165, 1.54) is 12.1 Å². The minimum absolute atomic E-state index is 0.124. The van der Waals surface area contributed by atoms with Crippen molar-refractivity contribution in [3.8, 4) is 0 Å². The molecule has 0 bridgehead atoms. The van der Waals surface area contributed by atoms with Gasteiger partial charge in [0.1, 0.15) is 5.82 Å². The fraction of sp³-hybridized carbons (Fsp3) is 0.214. The highest BCUT2D eigenvalue weighted by molar-refractivity contribution is 5.70. The second kappa shape index (κ2) is 10.9. The van der Waals surface area contributed by atoms with E-state index < -0.39 is 12.1 Å². The molecule has 0 amide bonds. The van der Waals surface area contributed by atoms with Crippen LogP contribution in [0.4, 0.5) is 17.6 Å². The summed E-state index contributed by atoms with van der Waals surface area (Å²) in [5.41, 5.74) is 3.08. The summed E-state index contributed by atoms with van der Waals surface area (Å²) in [6, 6.07) is 20.1. The molecule has 0 nitrogen and oxygen atoms in total. The van der Waals surface area contributed by atoms with Crippen LogP contribution in [0.2, 0.25) is 0 Å². The number of aryl methyl sites for hydroxylation is 1. The first-order valence-electron chi connectivity index (χ1n) is 10.6. The van der Waals surface area contributed by atoms with Gasteiger partial charge in [-0.1, -0.05) is 91.0 Å². The Morgan fingerprint density at radius 3 is 2.16 bits per heavy atom. The highest BCUT2D eigenvalue weighted by atomic mass is 19.4. The molecule has 0 unspecified atom stereocenters. The lowest BCUT2D eigenvalue weighted by molar-refractivity contribution is -0.150. The minimum Gasteiger partial charge on any atom is -0.206 e. The van der Waals surface area contributed by atoms with Gasteiger partial charge in [0.2, 0.25) is 0 Å². The topological polar surface area (TPSA) is 0 Å². The van der Waals surface area contributed by atoms with Gasteiger partial charge in [0.05, 0.1) is 5.92 Å². The Kier molecular flexibility index (Phi) is 8.04. The number of hydrogen-bond acceptors (Lipinski definition) is 0. The Labute approximate surface area is 186 Å². The van der Waals surface area contributed by atoms with Gasteiger partial charge in [-0.15, -0.1) is 0 Å². The maximum Gasteiger partial charge on any atom is 0.396 e. The highest BCUT2D eigenvalue weighted by Gasteiger charge is 2.40. The molecule has 166 valence electrons. The Morgan fingerprint density at radius 2 is 1.53 bits per heavy atom. The summed E-state index contributed by atoms with van der Waals surface area (Å²) in [6.45, 7) is 1.96. The first-order chi connectivity index (χ1) is 15.4. The SMILES string of the molecule is CC=CCCc1ccc(C=Cc2ccc(C[C@H](c3ccccc3)C(F)(F)F)cc2)c(F)c1. The average molecular weight is 439 g/mol. The molecule has 0 aliphatic carbocycles. The largest absolute Gasteiger partial charge is 0.396 e. The molecule has 0 saturated heterocycles. The van der Waals surface area contributed by atoms with Crippen molar-refractivity contribution in [1.82, 2.24) is 0 Å². The van der Waals surface area contributed by atoms with E-state index in [0.717, 1.165) is 24.0 Å². The van der Waals surface area contributed by atoms with Crippen LogP contribution in [-0.2, 0) is 12.8 Å². The van der Waals surface area contributed by atoms with Crippen molar-refractivity contribution in [1.29, 1.82) is 0 Å². The Balaban J connectivity index is 1.68. The van der Waals surface area contributed by atoms with Crippen molar-refractivity contribution in [2.75, 3.05) is 0 Å². The predicted octanol–water partition coefficient (Wildman–Crippen LogP) is 8.39. The van der Waals surface area contributed by atoms with Gasteiger partial charge in [0.25, 0.3) is 0 Å². The number of benzene rings is 3. The molecule has 4 heteroatoms. The third kappa shape index (κ3) is 6.68. The molecule has 0 fully saturated rings. The number of rotatable bonds is 8. The van der Waals surface area contributed by atoms with E-state index in [4.69, 9.17) is 0 Å². The quantitative estimate of drug-likeness (QED) is 0.188. The number of alkyl halides is 3. The van der Waals surface area contributed by atoms with Gasteiger partial charge >= 0.3 is 6.18 Å². The molecular formula is C28H26F4. The minimum atomic E-state index is -4.32. The van der Waals surface area contributed by atoms with E-state index in [9.17, 15) is 17.6 Å². The van der Waals surface area contributed by atoms with Crippen molar-refractivity contribution in [2.45, 2.75) is 38.3 Å². The van der Waals surface area contributed by atoms with Crippen LogP contribution in [0.1, 0.15) is 47.1 Å². The van der Waals surface area contributed by atoms with Crippen molar-refractivity contribution >= 4 is 12.2 Å². The van der Waals surface area contributed by atoms with Crippen molar-refractivity contribution < 1.29 is 17.6 Å². The fourth-order valence-electron chi connectivity index (χ4n) is 3.57. The number of halogens is 4. The average Bonchev–Trinajstić information content (AvgIpc) is 2.78. The van der Waals surface area contributed by atoms with E-state index in [1.54, 1.807) is 66.7 Å². The molecule has 0 aliphatic rings. The highest BCUT2D eigenvalue weighted by Crippen LogP contribution is 2.37. The summed E-state index contributed by atoms with van der Waals surface area (Å²) in [5.74, 6) is -1.84. The first-order valence-corrected chi connectivity index (χ1v) is 10.6. The van der Waals surface area contributed by atoms with Gasteiger partial charge in [0, 0.05) is 5.56 Å². The standard InChI is InChI=1S/C28H26F4/c1-2-3-5-8-22-16-18-25(27(29)20-22)17-15-21-11-13-23(14-12-21)19-26(28(30,31)32)24-9-6-4-7-10-24/h2-4,6-7,9-18,20,26H,5,8,19H2,1H3/t26-/m1/s1. The molecule has 3 rings (SSSR count). The lowest BCUT2D eigenvalue weighted by Gasteiger charge is -2.21. The van der Waals surface area contributed by atoms with Crippen LogP contribution in [0.15, 0.2) is 84.9 Å². The summed E-state index contributed by atoms with van der Waals surface area (Å²) >= 11 is 0. The van der Waals surface area contributed by atoms with Crippen molar-refractivity contribution in [3.63, 3.8) is 0 Å². The summed E-state index contributed by atoms with van der Waals surface area (Å²) in [6.07, 6.45) is 4.68. The van der Waals surface area contributed by atoms with Gasteiger partial charge < -0.3 is 0 Å². The van der Waals surface area contributed by atoms with Crippen LogP contribution in [0.25, 0.3) is 12.2 Å². The van der Waals surface area contributed by atoms with Gasteiger partial charge in [-0.3, -0.25) is 0 Å².